The largest absolute Gasteiger partial charge is 0.481 e. The number of carbonyl (C=O) groups excluding carboxylic acids is 5. The summed E-state index contributed by atoms with van der Waals surface area (Å²) in [7, 11) is 0. The molecule has 2 fully saturated rings. The monoisotopic (exact) mass is 551 g/mol. The zero-order valence-electron chi connectivity index (χ0n) is 21.5. The third kappa shape index (κ3) is 6.79. The van der Waals surface area contributed by atoms with Crippen molar-refractivity contribution in [3.8, 4) is 5.88 Å². The molecule has 0 unspecified atom stereocenters. The highest BCUT2D eigenvalue weighted by Crippen LogP contribution is 2.25. The number of amides is 4. The van der Waals surface area contributed by atoms with Crippen LogP contribution in [0.2, 0.25) is 0 Å². The molecule has 3 heterocycles. The van der Waals surface area contributed by atoms with Gasteiger partial charge in [0.15, 0.2) is 12.4 Å². The van der Waals surface area contributed by atoms with Gasteiger partial charge < -0.3 is 20.5 Å². The van der Waals surface area contributed by atoms with Crippen LogP contribution in [0.5, 0.6) is 5.88 Å². The zero-order chi connectivity index (χ0) is 28.6. The number of fused-ring (bicyclic) bond motifs is 1. The number of hydrogen-bond donors (Lipinski definition) is 3. The summed E-state index contributed by atoms with van der Waals surface area (Å²) in [5, 5.41) is 16.7. The molecule has 4 amide bonds. The maximum Gasteiger partial charge on any atom is 0.305 e. The number of nitrogens with one attached hydrogen (secondary N) is 2. The van der Waals surface area contributed by atoms with Crippen molar-refractivity contribution in [2.75, 3.05) is 13.2 Å². The minimum absolute atomic E-state index is 0.0265. The molecule has 0 spiro atoms. The second-order valence-corrected chi connectivity index (χ2v) is 9.37. The molecule has 40 heavy (non-hydrogen) atoms. The van der Waals surface area contributed by atoms with Crippen LogP contribution in [0.15, 0.2) is 54.7 Å². The second-order valence-electron chi connectivity index (χ2n) is 9.37. The SMILES string of the molecule is O=C(O)C[C@H](NC(=O)[C@@H]1CCCN2C(=O)CC[C@H](NC(=O)c3ccccc3)C(=O)N12)C(=O)COc1ccccn1. The van der Waals surface area contributed by atoms with Crippen LogP contribution in [0.25, 0.3) is 0 Å². The Bertz CT molecular complexity index is 1270. The molecule has 2 aliphatic heterocycles. The number of hydrogen-bond acceptors (Lipinski definition) is 8. The van der Waals surface area contributed by atoms with Gasteiger partial charge in [0.25, 0.3) is 11.8 Å². The molecule has 0 radical (unpaired) electrons. The van der Waals surface area contributed by atoms with Crippen LogP contribution < -0.4 is 15.4 Å². The number of nitrogens with zero attached hydrogens (tertiary/aromatic N) is 3. The van der Waals surface area contributed by atoms with Crippen LogP contribution in [0.4, 0.5) is 0 Å². The van der Waals surface area contributed by atoms with E-state index in [-0.39, 0.29) is 37.6 Å². The predicted molar refractivity (Wildman–Crippen MR) is 137 cm³/mol. The average molecular weight is 552 g/mol. The van der Waals surface area contributed by atoms with Gasteiger partial charge in [-0.25, -0.2) is 9.99 Å². The first-order chi connectivity index (χ1) is 19.2. The van der Waals surface area contributed by atoms with E-state index in [1.54, 1.807) is 42.5 Å². The lowest BCUT2D eigenvalue weighted by Gasteiger charge is -2.43. The Morgan fingerprint density at radius 2 is 1.80 bits per heavy atom. The van der Waals surface area contributed by atoms with Gasteiger partial charge in [0.05, 0.1) is 6.42 Å². The van der Waals surface area contributed by atoms with Crippen molar-refractivity contribution in [1.29, 1.82) is 0 Å². The molecular weight excluding hydrogens is 522 g/mol. The zero-order valence-corrected chi connectivity index (χ0v) is 21.5. The summed E-state index contributed by atoms with van der Waals surface area (Å²) in [4.78, 5) is 80.9. The number of carboxylic acid groups (broad SMARTS) is 1. The Kier molecular flexibility index (Phi) is 9.04. The maximum atomic E-state index is 13.6. The molecule has 1 aromatic heterocycles. The Labute approximate surface area is 229 Å². The van der Waals surface area contributed by atoms with Crippen molar-refractivity contribution in [3.05, 3.63) is 60.3 Å². The van der Waals surface area contributed by atoms with Gasteiger partial charge in [-0.3, -0.25) is 33.8 Å². The van der Waals surface area contributed by atoms with E-state index in [1.807, 2.05) is 0 Å². The summed E-state index contributed by atoms with van der Waals surface area (Å²) in [6, 6.07) is 9.37. The lowest BCUT2D eigenvalue weighted by molar-refractivity contribution is -0.176. The highest BCUT2D eigenvalue weighted by molar-refractivity contribution is 6.00. The van der Waals surface area contributed by atoms with E-state index in [9.17, 15) is 33.9 Å². The molecule has 2 aromatic rings. The molecule has 0 saturated carbocycles. The molecule has 0 bridgehead atoms. The van der Waals surface area contributed by atoms with Crippen molar-refractivity contribution in [2.45, 2.75) is 50.2 Å². The van der Waals surface area contributed by atoms with Crippen LogP contribution in [-0.2, 0) is 24.0 Å². The van der Waals surface area contributed by atoms with Crippen molar-refractivity contribution < 1.29 is 38.6 Å². The fourth-order valence-electron chi connectivity index (χ4n) is 4.60. The summed E-state index contributed by atoms with van der Waals surface area (Å²) in [6.45, 7) is -0.343. The van der Waals surface area contributed by atoms with Gasteiger partial charge in [-0.1, -0.05) is 24.3 Å². The van der Waals surface area contributed by atoms with Gasteiger partial charge in [-0.2, -0.15) is 0 Å². The number of Topliss-reactive ketones (excluding diaryl/α,β-unsaturated/α-hetero) is 1. The van der Waals surface area contributed by atoms with Crippen molar-refractivity contribution in [1.82, 2.24) is 25.6 Å². The molecule has 0 aliphatic carbocycles. The molecular formula is C27H29N5O8. The number of pyridine rings is 1. The summed E-state index contributed by atoms with van der Waals surface area (Å²) in [5.74, 6) is -4.21. The second kappa shape index (κ2) is 12.8. The topological polar surface area (TPSA) is 175 Å². The van der Waals surface area contributed by atoms with Crippen molar-refractivity contribution in [2.24, 2.45) is 0 Å². The lowest BCUT2D eigenvalue weighted by atomic mass is 10.0. The first kappa shape index (κ1) is 28.2. The fourth-order valence-corrected chi connectivity index (χ4v) is 4.60. The van der Waals surface area contributed by atoms with Crippen molar-refractivity contribution >= 4 is 35.4 Å². The van der Waals surface area contributed by atoms with Crippen LogP contribution in [0, 0.1) is 0 Å². The smallest absolute Gasteiger partial charge is 0.305 e. The van der Waals surface area contributed by atoms with E-state index in [0.717, 1.165) is 5.01 Å². The van der Waals surface area contributed by atoms with E-state index in [4.69, 9.17) is 4.74 Å². The lowest BCUT2D eigenvalue weighted by Crippen LogP contribution is -2.64. The minimum Gasteiger partial charge on any atom is -0.481 e. The molecule has 13 heteroatoms. The third-order valence-corrected chi connectivity index (χ3v) is 6.59. The number of aromatic nitrogens is 1. The highest BCUT2D eigenvalue weighted by Gasteiger charge is 2.45. The number of ketones is 1. The number of hydrazine groups is 1. The normalized spacial score (nSPS) is 19.6. The van der Waals surface area contributed by atoms with Crippen molar-refractivity contribution in [3.63, 3.8) is 0 Å². The van der Waals surface area contributed by atoms with Gasteiger partial charge in [0.1, 0.15) is 18.1 Å². The first-order valence-corrected chi connectivity index (χ1v) is 12.8. The Hall–Kier alpha value is -4.81. The van der Waals surface area contributed by atoms with E-state index in [2.05, 4.69) is 15.6 Å². The van der Waals surface area contributed by atoms with E-state index >= 15 is 0 Å². The van der Waals surface area contributed by atoms with Crippen LogP contribution in [0.1, 0.15) is 42.5 Å². The van der Waals surface area contributed by atoms with Gasteiger partial charge in [-0.15, -0.1) is 0 Å². The number of benzene rings is 1. The standard InChI is InChI=1S/C27H29N5O8/c33-21(16-40-22-10-4-5-13-28-22)19(15-24(35)36)30-26(38)20-9-6-14-31-23(34)12-11-18(27(39)32(20)31)29-25(37)17-7-2-1-3-8-17/h1-5,7-8,10,13,18-20H,6,9,11-12,14-16H2,(H,29,37)(H,30,38)(H,35,36)/t18-,19-,20-/m0/s1. The van der Waals surface area contributed by atoms with Gasteiger partial charge >= 0.3 is 5.97 Å². The molecule has 3 N–H and O–H groups in total. The highest BCUT2D eigenvalue weighted by atomic mass is 16.5. The molecule has 210 valence electrons. The molecule has 13 nitrogen and oxygen atoms in total. The molecule has 3 atom stereocenters. The van der Waals surface area contributed by atoms with Gasteiger partial charge in [0.2, 0.25) is 17.7 Å². The number of carboxylic acids is 1. The number of rotatable bonds is 10. The number of ether oxygens (including phenoxy) is 1. The summed E-state index contributed by atoms with van der Waals surface area (Å²) >= 11 is 0. The van der Waals surface area contributed by atoms with Crippen LogP contribution >= 0.6 is 0 Å². The summed E-state index contributed by atoms with van der Waals surface area (Å²) in [6.07, 6.45) is 1.33. The Balaban J connectivity index is 1.50. The summed E-state index contributed by atoms with van der Waals surface area (Å²) < 4.78 is 5.32. The Morgan fingerprint density at radius 1 is 1.05 bits per heavy atom. The molecule has 1 aromatic carbocycles. The Morgan fingerprint density at radius 3 is 2.50 bits per heavy atom. The quantitative estimate of drug-likeness (QED) is 0.375. The first-order valence-electron chi connectivity index (χ1n) is 12.8. The number of carbonyl (C=O) groups is 6. The predicted octanol–water partition coefficient (Wildman–Crippen LogP) is 0.316. The van der Waals surface area contributed by atoms with E-state index < -0.39 is 60.6 Å². The van der Waals surface area contributed by atoms with Crippen LogP contribution in [0.3, 0.4) is 0 Å². The summed E-state index contributed by atoms with van der Waals surface area (Å²) in [5.41, 5.74) is 0.332. The average Bonchev–Trinajstić information content (AvgIpc) is 3.08. The molecule has 4 rings (SSSR count). The van der Waals surface area contributed by atoms with E-state index in [1.165, 1.54) is 17.3 Å². The van der Waals surface area contributed by atoms with Gasteiger partial charge in [-0.05, 0) is 37.5 Å². The fraction of sp³-hybridized carbons (Fsp3) is 0.370. The maximum absolute atomic E-state index is 13.6. The van der Waals surface area contributed by atoms with E-state index in [0.29, 0.717) is 12.0 Å². The van der Waals surface area contributed by atoms with Crippen LogP contribution in [-0.4, -0.2) is 86.8 Å². The number of aliphatic carboxylic acids is 1. The van der Waals surface area contributed by atoms with Gasteiger partial charge in [0, 0.05) is 30.8 Å². The molecule has 2 saturated heterocycles. The molecule has 2 aliphatic rings. The third-order valence-electron chi connectivity index (χ3n) is 6.59. The minimum atomic E-state index is -1.45.